The topological polar surface area (TPSA) is 30.9 Å². The van der Waals surface area contributed by atoms with Crippen LogP contribution in [0.5, 0.6) is 0 Å². The molecule has 0 bridgehead atoms. The summed E-state index contributed by atoms with van der Waals surface area (Å²) in [5.41, 5.74) is 9.88. The minimum absolute atomic E-state index is 0.183. The molecular weight excluding hydrogens is 220 g/mol. The highest BCUT2D eigenvalue weighted by atomic mass is 15.0. The van der Waals surface area contributed by atoms with Gasteiger partial charge in [-0.05, 0) is 43.0 Å². The average molecular weight is 244 g/mol. The van der Waals surface area contributed by atoms with Crippen LogP contribution in [0, 0.1) is 0 Å². The molecule has 0 unspecified atom stereocenters. The first-order valence-electron chi connectivity index (χ1n) is 6.50. The highest BCUT2D eigenvalue weighted by molar-refractivity contribution is 5.82. The molecule has 0 aliphatic carbocycles. The van der Waals surface area contributed by atoms with Gasteiger partial charge >= 0.3 is 0 Å². The maximum atomic E-state index is 6.22. The average Bonchev–Trinajstić information content (AvgIpc) is 2.54. The Bertz CT molecular complexity index is 577. The molecule has 2 aromatic rings. The number of fused-ring (bicyclic) bond motifs is 1. The van der Waals surface area contributed by atoms with Crippen LogP contribution in [0.25, 0.3) is 10.9 Å². The van der Waals surface area contributed by atoms with Crippen molar-refractivity contribution >= 4 is 10.9 Å². The number of aromatic nitrogens is 1. The van der Waals surface area contributed by atoms with Gasteiger partial charge in [0.2, 0.25) is 0 Å². The van der Waals surface area contributed by atoms with Crippen molar-refractivity contribution in [2.45, 2.75) is 45.6 Å². The molecule has 0 saturated carbocycles. The summed E-state index contributed by atoms with van der Waals surface area (Å²) in [5.74, 6) is 0. The molecule has 0 fully saturated rings. The Hall–Kier alpha value is -1.28. The summed E-state index contributed by atoms with van der Waals surface area (Å²) in [6, 6.07) is 8.91. The van der Waals surface area contributed by atoms with Crippen LogP contribution < -0.4 is 5.73 Å². The van der Waals surface area contributed by atoms with Crippen molar-refractivity contribution in [1.82, 2.24) is 4.57 Å². The maximum absolute atomic E-state index is 6.22. The van der Waals surface area contributed by atoms with Crippen LogP contribution in [0.15, 0.2) is 24.3 Å². The molecule has 98 valence electrons. The first-order chi connectivity index (χ1) is 8.10. The number of benzene rings is 1. The van der Waals surface area contributed by atoms with Crippen LogP contribution in [0.1, 0.15) is 45.9 Å². The number of hydrogen-bond acceptors (Lipinski definition) is 1. The number of nitrogens with two attached hydrogens (primary N) is 1. The first kappa shape index (κ1) is 13.2. The highest BCUT2D eigenvalue weighted by Gasteiger charge is 2.21. The van der Waals surface area contributed by atoms with E-state index in [2.05, 4.69) is 56.7 Å². The standard InChI is InChI=1S/C16H24N2/c1-15(2,3)12-7-8-13-11(9-12)10-14(18(13)6)16(4,5)17/h7-10H,17H2,1-6H3. The molecule has 2 rings (SSSR count). The van der Waals surface area contributed by atoms with Crippen molar-refractivity contribution < 1.29 is 0 Å². The molecule has 1 heterocycles. The molecule has 1 aromatic carbocycles. The predicted octanol–water partition coefficient (Wildman–Crippen LogP) is 3.67. The minimum Gasteiger partial charge on any atom is -0.346 e. The quantitative estimate of drug-likeness (QED) is 0.815. The van der Waals surface area contributed by atoms with Gasteiger partial charge in [-0.25, -0.2) is 0 Å². The second kappa shape index (κ2) is 3.86. The van der Waals surface area contributed by atoms with E-state index in [-0.39, 0.29) is 11.0 Å². The summed E-state index contributed by atoms with van der Waals surface area (Å²) in [7, 11) is 2.09. The molecule has 0 amide bonds. The second-order valence-corrected chi connectivity index (χ2v) is 6.83. The molecule has 1 aromatic heterocycles. The normalized spacial score (nSPS) is 13.3. The molecular formula is C16H24N2. The van der Waals surface area contributed by atoms with Crippen molar-refractivity contribution in [3.63, 3.8) is 0 Å². The van der Waals surface area contributed by atoms with Gasteiger partial charge in [-0.15, -0.1) is 0 Å². The lowest BCUT2D eigenvalue weighted by Crippen LogP contribution is -2.30. The van der Waals surface area contributed by atoms with Crippen molar-refractivity contribution in [1.29, 1.82) is 0 Å². The largest absolute Gasteiger partial charge is 0.346 e. The highest BCUT2D eigenvalue weighted by Crippen LogP contribution is 2.30. The smallest absolute Gasteiger partial charge is 0.0506 e. The van der Waals surface area contributed by atoms with Crippen LogP contribution in [0.2, 0.25) is 0 Å². The van der Waals surface area contributed by atoms with E-state index in [0.717, 1.165) is 0 Å². The van der Waals surface area contributed by atoms with E-state index in [4.69, 9.17) is 5.73 Å². The zero-order valence-electron chi connectivity index (χ0n) is 12.3. The number of hydrogen-bond donors (Lipinski definition) is 1. The first-order valence-corrected chi connectivity index (χ1v) is 6.50. The summed E-state index contributed by atoms with van der Waals surface area (Å²) in [6.07, 6.45) is 0. The Morgan fingerprint density at radius 2 is 1.61 bits per heavy atom. The summed E-state index contributed by atoms with van der Waals surface area (Å²) in [5, 5.41) is 1.28. The molecule has 0 saturated heterocycles. The fourth-order valence-corrected chi connectivity index (χ4v) is 2.43. The number of rotatable bonds is 1. The van der Waals surface area contributed by atoms with Crippen molar-refractivity contribution in [3.8, 4) is 0 Å². The van der Waals surface area contributed by atoms with E-state index >= 15 is 0 Å². The van der Waals surface area contributed by atoms with E-state index in [1.54, 1.807) is 0 Å². The van der Waals surface area contributed by atoms with E-state index in [9.17, 15) is 0 Å². The van der Waals surface area contributed by atoms with Crippen LogP contribution in [0.3, 0.4) is 0 Å². The van der Waals surface area contributed by atoms with Gasteiger partial charge < -0.3 is 10.3 Å². The lowest BCUT2D eigenvalue weighted by Gasteiger charge is -2.20. The maximum Gasteiger partial charge on any atom is 0.0506 e. The lowest BCUT2D eigenvalue weighted by atomic mass is 9.86. The third-order valence-corrected chi connectivity index (χ3v) is 3.57. The van der Waals surface area contributed by atoms with Gasteiger partial charge in [0, 0.05) is 23.6 Å². The Kier molecular flexibility index (Phi) is 2.82. The van der Waals surface area contributed by atoms with Crippen molar-refractivity contribution in [3.05, 3.63) is 35.5 Å². The summed E-state index contributed by atoms with van der Waals surface area (Å²) >= 11 is 0. The summed E-state index contributed by atoms with van der Waals surface area (Å²) in [6.45, 7) is 10.8. The van der Waals surface area contributed by atoms with Crippen LogP contribution in [-0.2, 0) is 18.0 Å². The molecule has 2 N–H and O–H groups in total. The van der Waals surface area contributed by atoms with E-state index < -0.39 is 0 Å². The van der Waals surface area contributed by atoms with Gasteiger partial charge in [-0.1, -0.05) is 26.8 Å². The van der Waals surface area contributed by atoms with E-state index in [0.29, 0.717) is 0 Å². The van der Waals surface area contributed by atoms with E-state index in [1.807, 2.05) is 13.8 Å². The van der Waals surface area contributed by atoms with Gasteiger partial charge in [-0.3, -0.25) is 0 Å². The molecule has 2 nitrogen and oxygen atoms in total. The fourth-order valence-electron chi connectivity index (χ4n) is 2.43. The summed E-state index contributed by atoms with van der Waals surface area (Å²) in [4.78, 5) is 0. The van der Waals surface area contributed by atoms with Crippen molar-refractivity contribution in [2.24, 2.45) is 12.8 Å². The Labute approximate surface area is 110 Å². The van der Waals surface area contributed by atoms with Gasteiger partial charge in [0.1, 0.15) is 0 Å². The van der Waals surface area contributed by atoms with Gasteiger partial charge in [0.15, 0.2) is 0 Å². The zero-order valence-corrected chi connectivity index (χ0v) is 12.3. The van der Waals surface area contributed by atoms with Crippen molar-refractivity contribution in [2.75, 3.05) is 0 Å². The van der Waals surface area contributed by atoms with Crippen LogP contribution >= 0.6 is 0 Å². The molecule has 0 aliphatic heterocycles. The van der Waals surface area contributed by atoms with Crippen LogP contribution in [0.4, 0.5) is 0 Å². The summed E-state index contributed by atoms with van der Waals surface area (Å²) < 4.78 is 2.20. The Morgan fingerprint density at radius 1 is 1.00 bits per heavy atom. The van der Waals surface area contributed by atoms with E-state index in [1.165, 1.54) is 22.2 Å². The fraction of sp³-hybridized carbons (Fsp3) is 0.500. The Morgan fingerprint density at radius 3 is 2.11 bits per heavy atom. The third kappa shape index (κ3) is 2.17. The zero-order chi connectivity index (χ0) is 13.7. The number of aryl methyl sites for hydroxylation is 1. The third-order valence-electron chi connectivity index (χ3n) is 3.57. The van der Waals surface area contributed by atoms with Gasteiger partial charge in [0.05, 0.1) is 5.54 Å². The predicted molar refractivity (Wildman–Crippen MR) is 78.8 cm³/mol. The lowest BCUT2D eigenvalue weighted by molar-refractivity contribution is 0.516. The molecule has 0 atom stereocenters. The SMILES string of the molecule is Cn1c(C(C)(C)N)cc2cc(C(C)(C)C)ccc21. The van der Waals surface area contributed by atoms with Gasteiger partial charge in [-0.2, -0.15) is 0 Å². The Balaban J connectivity index is 2.67. The van der Waals surface area contributed by atoms with Crippen LogP contribution in [-0.4, -0.2) is 4.57 Å². The molecule has 0 radical (unpaired) electrons. The molecule has 0 aliphatic rings. The monoisotopic (exact) mass is 244 g/mol. The second-order valence-electron chi connectivity index (χ2n) is 6.83. The van der Waals surface area contributed by atoms with Gasteiger partial charge in [0.25, 0.3) is 0 Å². The molecule has 2 heteroatoms. The molecule has 18 heavy (non-hydrogen) atoms. The minimum atomic E-state index is -0.310. The number of nitrogens with zero attached hydrogens (tertiary/aromatic N) is 1. The molecule has 0 spiro atoms.